The van der Waals surface area contributed by atoms with E-state index >= 15 is 0 Å². The number of ketones is 1. The monoisotopic (exact) mass is 259 g/mol. The zero-order valence-electron chi connectivity index (χ0n) is 11.2. The topological polar surface area (TPSA) is 46.2 Å². The van der Waals surface area contributed by atoms with Crippen LogP contribution in [0.25, 0.3) is 0 Å². The number of hydrogen-bond acceptors (Lipinski definition) is 2. The third-order valence-electron chi connectivity index (χ3n) is 3.65. The molecule has 0 atom stereocenters. The number of carbonyl (C=O) groups excluding carboxylic acids is 2. The molecule has 3 nitrogen and oxygen atoms in total. The molecule has 1 saturated carbocycles. The molecule has 0 bridgehead atoms. The Morgan fingerprint density at radius 1 is 1.00 bits per heavy atom. The van der Waals surface area contributed by atoms with Crippen molar-refractivity contribution < 1.29 is 9.59 Å². The first-order valence-corrected chi connectivity index (χ1v) is 7.13. The van der Waals surface area contributed by atoms with Gasteiger partial charge in [0.05, 0.1) is 0 Å². The van der Waals surface area contributed by atoms with E-state index in [0.29, 0.717) is 0 Å². The predicted molar refractivity (Wildman–Crippen MR) is 74.8 cm³/mol. The average molecular weight is 259 g/mol. The van der Waals surface area contributed by atoms with Gasteiger partial charge in [-0.25, -0.2) is 0 Å². The number of hydrogen-bond donors (Lipinski definition) is 1. The molecule has 1 N–H and O–H groups in total. The van der Waals surface area contributed by atoms with E-state index in [1.807, 2.05) is 30.3 Å². The summed E-state index contributed by atoms with van der Waals surface area (Å²) >= 11 is 0. The van der Waals surface area contributed by atoms with Gasteiger partial charge in [0.15, 0.2) is 0 Å². The fourth-order valence-corrected chi connectivity index (χ4v) is 2.55. The van der Waals surface area contributed by atoms with E-state index in [-0.39, 0.29) is 18.2 Å². The van der Waals surface area contributed by atoms with Crippen LogP contribution in [-0.2, 0) is 16.0 Å². The second kappa shape index (κ2) is 7.07. The first-order chi connectivity index (χ1) is 9.25. The van der Waals surface area contributed by atoms with Crippen LogP contribution in [-0.4, -0.2) is 17.7 Å². The standard InChI is InChI=1S/C16H21NO2/c18-15(12-13-8-4-3-5-9-13)16(19)17-14-10-6-1-2-7-11-14/h3-5,8-9,14H,1-2,6-7,10-12H2,(H,17,19). The molecule has 19 heavy (non-hydrogen) atoms. The summed E-state index contributed by atoms with van der Waals surface area (Å²) in [6.07, 6.45) is 6.98. The average Bonchev–Trinajstić information content (AvgIpc) is 2.68. The number of benzene rings is 1. The lowest BCUT2D eigenvalue weighted by Crippen LogP contribution is -2.39. The molecule has 1 fully saturated rings. The fourth-order valence-electron chi connectivity index (χ4n) is 2.55. The molecule has 0 aliphatic heterocycles. The molecular formula is C16H21NO2. The number of rotatable bonds is 4. The van der Waals surface area contributed by atoms with E-state index < -0.39 is 5.91 Å². The molecule has 0 heterocycles. The second-order valence-corrected chi connectivity index (χ2v) is 5.25. The number of nitrogens with one attached hydrogen (secondary N) is 1. The molecular weight excluding hydrogens is 238 g/mol. The minimum Gasteiger partial charge on any atom is -0.347 e. The molecule has 0 saturated heterocycles. The van der Waals surface area contributed by atoms with Crippen LogP contribution < -0.4 is 5.32 Å². The maximum Gasteiger partial charge on any atom is 0.287 e. The Labute approximate surface area is 114 Å². The maximum atomic E-state index is 11.9. The normalized spacial score (nSPS) is 16.6. The summed E-state index contributed by atoms with van der Waals surface area (Å²) in [4.78, 5) is 23.7. The molecule has 1 amide bonds. The smallest absolute Gasteiger partial charge is 0.287 e. The van der Waals surface area contributed by atoms with E-state index in [4.69, 9.17) is 0 Å². The van der Waals surface area contributed by atoms with Gasteiger partial charge in [-0.15, -0.1) is 0 Å². The Balaban J connectivity index is 1.83. The molecule has 0 spiro atoms. The van der Waals surface area contributed by atoms with Crippen LogP contribution in [0.3, 0.4) is 0 Å². The van der Waals surface area contributed by atoms with Gasteiger partial charge in [-0.1, -0.05) is 56.0 Å². The summed E-state index contributed by atoms with van der Waals surface area (Å²) in [5.74, 6) is -0.758. The van der Waals surface area contributed by atoms with Gasteiger partial charge in [-0.2, -0.15) is 0 Å². The summed E-state index contributed by atoms with van der Waals surface area (Å²) in [6, 6.07) is 9.60. The third-order valence-corrected chi connectivity index (χ3v) is 3.65. The molecule has 2 rings (SSSR count). The highest BCUT2D eigenvalue weighted by molar-refractivity contribution is 6.36. The highest BCUT2D eigenvalue weighted by Crippen LogP contribution is 2.17. The van der Waals surface area contributed by atoms with E-state index in [2.05, 4.69) is 5.32 Å². The first-order valence-electron chi connectivity index (χ1n) is 7.13. The lowest BCUT2D eigenvalue weighted by Gasteiger charge is -2.15. The Kier molecular flexibility index (Phi) is 5.13. The van der Waals surface area contributed by atoms with Gasteiger partial charge in [0.25, 0.3) is 5.91 Å². The van der Waals surface area contributed by atoms with Crippen molar-refractivity contribution in [3.63, 3.8) is 0 Å². The lowest BCUT2D eigenvalue weighted by molar-refractivity contribution is -0.138. The van der Waals surface area contributed by atoms with E-state index in [0.717, 1.165) is 31.2 Å². The minimum atomic E-state index is -0.421. The van der Waals surface area contributed by atoms with Gasteiger partial charge in [0, 0.05) is 12.5 Å². The summed E-state index contributed by atoms with van der Waals surface area (Å²) in [6.45, 7) is 0. The van der Waals surface area contributed by atoms with Crippen LogP contribution in [0.15, 0.2) is 30.3 Å². The Morgan fingerprint density at radius 2 is 1.63 bits per heavy atom. The van der Waals surface area contributed by atoms with Gasteiger partial charge in [-0.3, -0.25) is 9.59 Å². The van der Waals surface area contributed by atoms with Crippen LogP contribution in [0.1, 0.15) is 44.1 Å². The maximum absolute atomic E-state index is 11.9. The molecule has 1 aromatic rings. The van der Waals surface area contributed by atoms with Crippen LogP contribution in [0, 0.1) is 0 Å². The Morgan fingerprint density at radius 3 is 2.26 bits per heavy atom. The largest absolute Gasteiger partial charge is 0.347 e. The molecule has 102 valence electrons. The van der Waals surface area contributed by atoms with Crippen LogP contribution in [0.2, 0.25) is 0 Å². The second-order valence-electron chi connectivity index (χ2n) is 5.25. The molecule has 1 aliphatic rings. The summed E-state index contributed by atoms with van der Waals surface area (Å²) in [5.41, 5.74) is 0.892. The lowest BCUT2D eigenvalue weighted by atomic mass is 10.1. The number of Topliss-reactive ketones (excluding diaryl/α,β-unsaturated/α-hetero) is 1. The zero-order valence-corrected chi connectivity index (χ0v) is 11.2. The molecule has 0 unspecified atom stereocenters. The van der Waals surface area contributed by atoms with Crippen molar-refractivity contribution in [2.45, 2.75) is 51.0 Å². The number of carbonyl (C=O) groups is 2. The summed E-state index contributed by atoms with van der Waals surface area (Å²) in [7, 11) is 0. The zero-order chi connectivity index (χ0) is 13.5. The SMILES string of the molecule is O=C(Cc1ccccc1)C(=O)NC1CCCCCC1. The van der Waals surface area contributed by atoms with E-state index in [1.165, 1.54) is 12.8 Å². The van der Waals surface area contributed by atoms with Gasteiger partial charge in [0.1, 0.15) is 0 Å². The van der Waals surface area contributed by atoms with Crippen LogP contribution in [0.5, 0.6) is 0 Å². The van der Waals surface area contributed by atoms with Gasteiger partial charge in [-0.05, 0) is 18.4 Å². The third kappa shape index (κ3) is 4.51. The van der Waals surface area contributed by atoms with E-state index in [1.54, 1.807) is 0 Å². The molecule has 3 heteroatoms. The summed E-state index contributed by atoms with van der Waals surface area (Å²) in [5, 5.41) is 2.89. The number of amides is 1. The van der Waals surface area contributed by atoms with Crippen LogP contribution in [0.4, 0.5) is 0 Å². The van der Waals surface area contributed by atoms with Crippen molar-refractivity contribution in [2.75, 3.05) is 0 Å². The molecule has 0 aromatic heterocycles. The van der Waals surface area contributed by atoms with Gasteiger partial charge >= 0.3 is 0 Å². The highest BCUT2D eigenvalue weighted by Gasteiger charge is 2.19. The van der Waals surface area contributed by atoms with Crippen molar-refractivity contribution in [1.29, 1.82) is 0 Å². The summed E-state index contributed by atoms with van der Waals surface area (Å²) < 4.78 is 0. The predicted octanol–water partition coefficient (Wildman–Crippen LogP) is 2.64. The van der Waals surface area contributed by atoms with Crippen molar-refractivity contribution in [3.8, 4) is 0 Å². The highest BCUT2D eigenvalue weighted by atomic mass is 16.2. The van der Waals surface area contributed by atoms with Crippen molar-refractivity contribution >= 4 is 11.7 Å². The van der Waals surface area contributed by atoms with Crippen molar-refractivity contribution in [3.05, 3.63) is 35.9 Å². The first kappa shape index (κ1) is 13.8. The molecule has 1 aromatic carbocycles. The quantitative estimate of drug-likeness (QED) is 0.667. The van der Waals surface area contributed by atoms with Gasteiger partial charge in [0.2, 0.25) is 5.78 Å². The fraction of sp³-hybridized carbons (Fsp3) is 0.500. The Bertz CT molecular complexity index is 420. The Hall–Kier alpha value is -1.64. The van der Waals surface area contributed by atoms with E-state index in [9.17, 15) is 9.59 Å². The van der Waals surface area contributed by atoms with Gasteiger partial charge < -0.3 is 5.32 Å². The van der Waals surface area contributed by atoms with Crippen LogP contribution >= 0.6 is 0 Å². The molecule has 1 aliphatic carbocycles. The minimum absolute atomic E-state index is 0.190. The van der Waals surface area contributed by atoms with Crippen molar-refractivity contribution in [2.24, 2.45) is 0 Å². The van der Waals surface area contributed by atoms with Crippen molar-refractivity contribution in [1.82, 2.24) is 5.32 Å². The molecule has 0 radical (unpaired) electrons.